The van der Waals surface area contributed by atoms with Crippen LogP contribution in [-0.4, -0.2) is 18.4 Å². The van der Waals surface area contributed by atoms with E-state index in [0.717, 1.165) is 25.2 Å². The van der Waals surface area contributed by atoms with Crippen molar-refractivity contribution in [1.82, 2.24) is 5.32 Å². The van der Waals surface area contributed by atoms with E-state index >= 15 is 0 Å². The van der Waals surface area contributed by atoms with Crippen LogP contribution in [0.25, 0.3) is 0 Å². The molecule has 2 nitrogen and oxygen atoms in total. The summed E-state index contributed by atoms with van der Waals surface area (Å²) in [6.07, 6.45) is 9.14. The van der Waals surface area contributed by atoms with E-state index in [4.69, 9.17) is 0 Å². The number of carbonyl (C=O) groups excluding carboxylic acids is 1. The monoisotopic (exact) mass is 247 g/mol. The molecular formula is C16H25NO. The third-order valence-corrected chi connectivity index (χ3v) is 5.17. The van der Waals surface area contributed by atoms with Crippen LogP contribution < -0.4 is 5.32 Å². The lowest BCUT2D eigenvalue weighted by Gasteiger charge is -2.45. The molecule has 2 heteroatoms. The fourth-order valence-corrected chi connectivity index (χ4v) is 4.43. The molecule has 1 aliphatic heterocycles. The molecule has 0 aromatic heterocycles. The van der Waals surface area contributed by atoms with Gasteiger partial charge >= 0.3 is 0 Å². The zero-order chi connectivity index (χ0) is 12.5. The van der Waals surface area contributed by atoms with Gasteiger partial charge in [0.15, 0.2) is 0 Å². The summed E-state index contributed by atoms with van der Waals surface area (Å²) in [5, 5.41) is 3.71. The van der Waals surface area contributed by atoms with Crippen LogP contribution in [0.3, 0.4) is 0 Å². The van der Waals surface area contributed by atoms with Crippen LogP contribution in [-0.2, 0) is 4.79 Å². The minimum absolute atomic E-state index is 0.510. The molecule has 0 saturated heterocycles. The van der Waals surface area contributed by atoms with E-state index < -0.39 is 0 Å². The van der Waals surface area contributed by atoms with Crippen molar-refractivity contribution in [3.05, 3.63) is 11.1 Å². The minimum Gasteiger partial charge on any atom is -0.310 e. The van der Waals surface area contributed by atoms with E-state index in [0.29, 0.717) is 17.7 Å². The van der Waals surface area contributed by atoms with E-state index in [9.17, 15) is 4.79 Å². The summed E-state index contributed by atoms with van der Waals surface area (Å²) >= 11 is 0. The van der Waals surface area contributed by atoms with Crippen molar-refractivity contribution in [3.8, 4) is 0 Å². The summed E-state index contributed by atoms with van der Waals surface area (Å²) in [5.41, 5.74) is 3.48. The van der Waals surface area contributed by atoms with Gasteiger partial charge in [-0.3, -0.25) is 4.79 Å². The van der Waals surface area contributed by atoms with Crippen molar-refractivity contribution in [1.29, 1.82) is 0 Å². The number of Topliss-reactive ketones (excluding diaryl/α,β-unsaturated/α-hetero) is 1. The Bertz CT molecular complexity index is 371. The summed E-state index contributed by atoms with van der Waals surface area (Å²) in [5.74, 6) is 1.91. The van der Waals surface area contributed by atoms with Crippen molar-refractivity contribution in [2.75, 3.05) is 6.54 Å². The van der Waals surface area contributed by atoms with Gasteiger partial charge in [-0.2, -0.15) is 0 Å². The average Bonchev–Trinajstić information content (AvgIpc) is 2.38. The second-order valence-electron chi connectivity index (χ2n) is 6.29. The average molecular weight is 247 g/mol. The van der Waals surface area contributed by atoms with E-state index in [1.807, 2.05) is 0 Å². The number of ketones is 1. The van der Waals surface area contributed by atoms with E-state index in [-0.39, 0.29) is 0 Å². The lowest BCUT2D eigenvalue weighted by molar-refractivity contribution is -0.122. The Kier molecular flexibility index (Phi) is 3.56. The largest absolute Gasteiger partial charge is 0.310 e. The lowest BCUT2D eigenvalue weighted by Crippen LogP contribution is -2.45. The first-order valence-corrected chi connectivity index (χ1v) is 7.76. The first-order valence-electron chi connectivity index (χ1n) is 7.76. The van der Waals surface area contributed by atoms with Crippen molar-refractivity contribution >= 4 is 5.78 Å². The van der Waals surface area contributed by atoms with Gasteiger partial charge in [-0.25, -0.2) is 0 Å². The first-order chi connectivity index (χ1) is 8.79. The first kappa shape index (κ1) is 12.4. The number of carbonyl (C=O) groups is 1. The molecule has 18 heavy (non-hydrogen) atoms. The Labute approximate surface area is 110 Å². The standard InChI is InChI=1S/C16H25NO/c1-2-3-11-8-9-17-15-7-4-12-10-13(18)5-6-14(12)16(11)15/h12,14-15,17H,2-10H2,1H3. The maximum Gasteiger partial charge on any atom is 0.133 e. The van der Waals surface area contributed by atoms with E-state index in [1.54, 1.807) is 11.1 Å². The second-order valence-corrected chi connectivity index (χ2v) is 6.29. The highest BCUT2D eigenvalue weighted by atomic mass is 16.1. The second kappa shape index (κ2) is 5.16. The van der Waals surface area contributed by atoms with Gasteiger partial charge in [-0.05, 0) is 50.5 Å². The van der Waals surface area contributed by atoms with Crippen LogP contribution in [0.4, 0.5) is 0 Å². The van der Waals surface area contributed by atoms with Crippen molar-refractivity contribution in [2.24, 2.45) is 11.8 Å². The molecule has 2 aliphatic carbocycles. The molecule has 0 spiro atoms. The maximum absolute atomic E-state index is 11.7. The Morgan fingerprint density at radius 3 is 2.94 bits per heavy atom. The van der Waals surface area contributed by atoms with Crippen molar-refractivity contribution < 1.29 is 4.79 Å². The molecule has 0 amide bonds. The minimum atomic E-state index is 0.510. The topological polar surface area (TPSA) is 29.1 Å². The summed E-state index contributed by atoms with van der Waals surface area (Å²) < 4.78 is 0. The molecule has 0 aromatic rings. The smallest absolute Gasteiger partial charge is 0.133 e. The highest BCUT2D eigenvalue weighted by Crippen LogP contribution is 2.45. The molecule has 3 rings (SSSR count). The molecule has 2 saturated carbocycles. The third kappa shape index (κ3) is 2.16. The SMILES string of the molecule is CCCC1=C2C(CCC3CC(=O)CCC23)NCC1. The molecule has 0 radical (unpaired) electrons. The summed E-state index contributed by atoms with van der Waals surface area (Å²) in [4.78, 5) is 11.7. The normalized spacial score (nSPS) is 36.3. The number of nitrogens with one attached hydrogen (secondary N) is 1. The molecule has 3 aliphatic rings. The van der Waals surface area contributed by atoms with Gasteiger partial charge in [-0.1, -0.05) is 24.5 Å². The molecule has 3 unspecified atom stereocenters. The van der Waals surface area contributed by atoms with Crippen molar-refractivity contribution in [3.63, 3.8) is 0 Å². The van der Waals surface area contributed by atoms with Gasteiger partial charge < -0.3 is 5.32 Å². The van der Waals surface area contributed by atoms with Crippen LogP contribution in [0.5, 0.6) is 0 Å². The van der Waals surface area contributed by atoms with E-state index in [1.165, 1.54) is 38.6 Å². The van der Waals surface area contributed by atoms with Gasteiger partial charge in [0.25, 0.3) is 0 Å². The van der Waals surface area contributed by atoms with Gasteiger partial charge in [0.05, 0.1) is 0 Å². The summed E-state index contributed by atoms with van der Waals surface area (Å²) in [6, 6.07) is 0.648. The Morgan fingerprint density at radius 1 is 1.22 bits per heavy atom. The molecule has 1 N–H and O–H groups in total. The van der Waals surface area contributed by atoms with Crippen LogP contribution in [0.2, 0.25) is 0 Å². The number of hydrogen-bond acceptors (Lipinski definition) is 2. The van der Waals surface area contributed by atoms with Crippen LogP contribution in [0.15, 0.2) is 11.1 Å². The fraction of sp³-hybridized carbons (Fsp3) is 0.812. The molecule has 2 fully saturated rings. The lowest BCUT2D eigenvalue weighted by atomic mass is 9.64. The van der Waals surface area contributed by atoms with Crippen molar-refractivity contribution in [2.45, 2.75) is 64.3 Å². The van der Waals surface area contributed by atoms with Crippen LogP contribution in [0.1, 0.15) is 58.3 Å². The maximum atomic E-state index is 11.7. The van der Waals surface area contributed by atoms with Gasteiger partial charge in [0, 0.05) is 18.9 Å². The molecule has 100 valence electrons. The zero-order valence-corrected chi connectivity index (χ0v) is 11.5. The Balaban J connectivity index is 1.89. The van der Waals surface area contributed by atoms with E-state index in [2.05, 4.69) is 12.2 Å². The predicted molar refractivity (Wildman–Crippen MR) is 73.4 cm³/mol. The molecule has 0 bridgehead atoms. The molecule has 0 aromatic carbocycles. The zero-order valence-electron chi connectivity index (χ0n) is 11.5. The Morgan fingerprint density at radius 2 is 2.11 bits per heavy atom. The highest BCUT2D eigenvalue weighted by molar-refractivity contribution is 5.79. The number of hydrogen-bond donors (Lipinski definition) is 1. The molecular weight excluding hydrogens is 222 g/mol. The van der Waals surface area contributed by atoms with Gasteiger partial charge in [0.1, 0.15) is 5.78 Å². The molecule has 1 heterocycles. The van der Waals surface area contributed by atoms with Gasteiger partial charge in [-0.15, -0.1) is 0 Å². The Hall–Kier alpha value is -0.630. The van der Waals surface area contributed by atoms with Crippen LogP contribution in [0, 0.1) is 11.8 Å². The number of rotatable bonds is 2. The quantitative estimate of drug-likeness (QED) is 0.759. The highest BCUT2D eigenvalue weighted by Gasteiger charge is 2.40. The predicted octanol–water partition coefficient (Wildman–Crippen LogP) is 3.22. The summed E-state index contributed by atoms with van der Waals surface area (Å²) in [7, 11) is 0. The fourth-order valence-electron chi connectivity index (χ4n) is 4.43. The van der Waals surface area contributed by atoms with Crippen LogP contribution >= 0.6 is 0 Å². The molecule has 3 atom stereocenters. The summed E-state index contributed by atoms with van der Waals surface area (Å²) in [6.45, 7) is 3.45. The number of fused-ring (bicyclic) bond motifs is 3. The third-order valence-electron chi connectivity index (χ3n) is 5.17. The van der Waals surface area contributed by atoms with Gasteiger partial charge in [0.2, 0.25) is 0 Å².